The summed E-state index contributed by atoms with van der Waals surface area (Å²) >= 11 is 0. The summed E-state index contributed by atoms with van der Waals surface area (Å²) < 4.78 is 0. The zero-order valence-corrected chi connectivity index (χ0v) is 11.9. The molecular formula is C16H19N3O. The number of carbonyl (C=O) groups excluding carboxylic acids is 1. The average Bonchev–Trinajstić information content (AvgIpc) is 2.46. The second kappa shape index (κ2) is 6.28. The molecule has 4 nitrogen and oxygen atoms in total. The monoisotopic (exact) mass is 269 g/mol. The van der Waals surface area contributed by atoms with E-state index in [0.717, 1.165) is 29.7 Å². The zero-order valence-electron chi connectivity index (χ0n) is 11.9. The largest absolute Gasteiger partial charge is 0.271 e. The van der Waals surface area contributed by atoms with Gasteiger partial charge in [0.25, 0.3) is 5.91 Å². The quantitative estimate of drug-likeness (QED) is 0.677. The first-order chi connectivity index (χ1) is 9.58. The lowest BCUT2D eigenvalue weighted by Gasteiger charge is -2.22. The lowest BCUT2D eigenvalue weighted by Crippen LogP contribution is -2.23. The van der Waals surface area contributed by atoms with Crippen molar-refractivity contribution in [2.45, 2.75) is 26.7 Å². The molecule has 0 aromatic carbocycles. The summed E-state index contributed by atoms with van der Waals surface area (Å²) in [6.45, 7) is 8.06. The molecule has 0 saturated heterocycles. The molecule has 1 N–H and O–H groups in total. The van der Waals surface area contributed by atoms with Crippen LogP contribution in [0.15, 0.2) is 53.4 Å². The summed E-state index contributed by atoms with van der Waals surface area (Å²) in [6.07, 6.45) is 7.16. The van der Waals surface area contributed by atoms with Gasteiger partial charge >= 0.3 is 0 Å². The van der Waals surface area contributed by atoms with Crippen molar-refractivity contribution in [2.75, 3.05) is 0 Å². The first kappa shape index (κ1) is 14.2. The Labute approximate surface area is 119 Å². The van der Waals surface area contributed by atoms with Gasteiger partial charge in [-0.25, -0.2) is 5.43 Å². The van der Waals surface area contributed by atoms with E-state index in [1.54, 1.807) is 24.5 Å². The highest BCUT2D eigenvalue weighted by Crippen LogP contribution is 2.26. The van der Waals surface area contributed by atoms with Crippen LogP contribution in [0.25, 0.3) is 0 Å². The van der Waals surface area contributed by atoms with Gasteiger partial charge in [-0.05, 0) is 50.3 Å². The van der Waals surface area contributed by atoms with Gasteiger partial charge in [0.15, 0.2) is 0 Å². The normalized spacial score (nSPS) is 20.4. The second-order valence-electron chi connectivity index (χ2n) is 5.11. The molecular weight excluding hydrogens is 250 g/mol. The Bertz CT molecular complexity index is 573. The van der Waals surface area contributed by atoms with Crippen molar-refractivity contribution < 1.29 is 4.79 Å². The third-order valence-corrected chi connectivity index (χ3v) is 3.54. The van der Waals surface area contributed by atoms with E-state index >= 15 is 0 Å². The average molecular weight is 269 g/mol. The fourth-order valence-corrected chi connectivity index (χ4v) is 2.11. The van der Waals surface area contributed by atoms with E-state index in [4.69, 9.17) is 0 Å². The second-order valence-corrected chi connectivity index (χ2v) is 5.11. The first-order valence-electron chi connectivity index (χ1n) is 6.67. The highest BCUT2D eigenvalue weighted by Gasteiger charge is 2.18. The van der Waals surface area contributed by atoms with Gasteiger partial charge in [-0.2, -0.15) is 5.10 Å². The molecule has 0 fully saturated rings. The van der Waals surface area contributed by atoms with Crippen LogP contribution in [0, 0.1) is 5.92 Å². The van der Waals surface area contributed by atoms with Crippen molar-refractivity contribution in [3.8, 4) is 0 Å². The van der Waals surface area contributed by atoms with Crippen LogP contribution in [-0.4, -0.2) is 16.6 Å². The first-order valence-corrected chi connectivity index (χ1v) is 6.67. The Morgan fingerprint density at radius 3 is 2.80 bits per heavy atom. The van der Waals surface area contributed by atoms with Crippen LogP contribution in [0.5, 0.6) is 0 Å². The molecule has 1 heterocycles. The molecule has 1 aromatic heterocycles. The van der Waals surface area contributed by atoms with Crippen LogP contribution in [0.4, 0.5) is 0 Å². The maximum Gasteiger partial charge on any atom is 0.271 e. The van der Waals surface area contributed by atoms with Crippen molar-refractivity contribution in [1.29, 1.82) is 0 Å². The van der Waals surface area contributed by atoms with E-state index < -0.39 is 0 Å². The fraction of sp³-hybridized carbons (Fsp3) is 0.312. The lowest BCUT2D eigenvalue weighted by molar-refractivity contribution is 0.0954. The Morgan fingerprint density at radius 2 is 2.15 bits per heavy atom. The summed E-state index contributed by atoms with van der Waals surface area (Å²) in [5, 5.41) is 4.26. The number of nitrogens with zero attached hydrogens (tertiary/aromatic N) is 2. The van der Waals surface area contributed by atoms with E-state index in [1.807, 2.05) is 13.8 Å². The van der Waals surface area contributed by atoms with Gasteiger partial charge in [-0.15, -0.1) is 0 Å². The Balaban J connectivity index is 2.07. The summed E-state index contributed by atoms with van der Waals surface area (Å²) in [5.74, 6) is 0.195. The molecule has 4 heteroatoms. The Morgan fingerprint density at radius 1 is 1.45 bits per heavy atom. The van der Waals surface area contributed by atoms with Gasteiger partial charge in [0.2, 0.25) is 0 Å². The third kappa shape index (κ3) is 3.41. The van der Waals surface area contributed by atoms with Gasteiger partial charge < -0.3 is 0 Å². The predicted octanol–water partition coefficient (Wildman–Crippen LogP) is 3.10. The van der Waals surface area contributed by atoms with Crippen LogP contribution < -0.4 is 5.43 Å². The zero-order chi connectivity index (χ0) is 14.5. The molecule has 20 heavy (non-hydrogen) atoms. The minimum atomic E-state index is -0.217. The van der Waals surface area contributed by atoms with E-state index in [-0.39, 0.29) is 5.91 Å². The molecule has 0 saturated carbocycles. The molecule has 0 radical (unpaired) electrons. The van der Waals surface area contributed by atoms with Gasteiger partial charge in [0, 0.05) is 18.0 Å². The van der Waals surface area contributed by atoms with Crippen molar-refractivity contribution >= 4 is 11.6 Å². The maximum atomic E-state index is 11.9. The summed E-state index contributed by atoms with van der Waals surface area (Å²) in [6, 6.07) is 3.32. The molecule has 1 amide bonds. The SMILES string of the molecule is C=C(C)[C@H]1CC=C(C)C(=NNC(=O)c2ccncc2)C1. The number of carbonyl (C=O) groups is 1. The number of nitrogens with one attached hydrogen (secondary N) is 1. The number of allylic oxidation sites excluding steroid dienone is 3. The molecule has 2 rings (SSSR count). The van der Waals surface area contributed by atoms with Crippen molar-refractivity contribution in [3.05, 3.63) is 53.9 Å². The molecule has 104 valence electrons. The van der Waals surface area contributed by atoms with Crippen molar-refractivity contribution in [1.82, 2.24) is 10.4 Å². The third-order valence-electron chi connectivity index (χ3n) is 3.54. The standard InChI is InChI=1S/C16H19N3O/c1-11(2)14-5-4-12(3)15(10-14)18-19-16(20)13-6-8-17-9-7-13/h4,6-9,14H,1,5,10H2,2-3H3,(H,19,20)/t14-/m0/s1. The molecule has 0 bridgehead atoms. The number of hydrogen-bond acceptors (Lipinski definition) is 3. The number of hydrogen-bond donors (Lipinski definition) is 1. The predicted molar refractivity (Wildman–Crippen MR) is 80.4 cm³/mol. The number of aromatic nitrogens is 1. The number of pyridine rings is 1. The number of hydrazone groups is 1. The van der Waals surface area contributed by atoms with Crippen LogP contribution in [0.3, 0.4) is 0 Å². The van der Waals surface area contributed by atoms with Crippen LogP contribution in [-0.2, 0) is 0 Å². The Hall–Kier alpha value is -2.23. The highest BCUT2D eigenvalue weighted by molar-refractivity contribution is 6.02. The molecule has 1 atom stereocenters. The fourth-order valence-electron chi connectivity index (χ4n) is 2.11. The minimum Gasteiger partial charge on any atom is -0.267 e. The van der Waals surface area contributed by atoms with Crippen molar-refractivity contribution in [2.24, 2.45) is 11.0 Å². The van der Waals surface area contributed by atoms with E-state index in [2.05, 4.69) is 28.2 Å². The van der Waals surface area contributed by atoms with Gasteiger partial charge in [0.1, 0.15) is 0 Å². The molecule has 0 spiro atoms. The smallest absolute Gasteiger partial charge is 0.267 e. The van der Waals surface area contributed by atoms with E-state index in [9.17, 15) is 4.79 Å². The van der Waals surface area contributed by atoms with Gasteiger partial charge in [0.05, 0.1) is 5.71 Å². The Kier molecular flexibility index (Phi) is 4.45. The molecule has 0 unspecified atom stereocenters. The highest BCUT2D eigenvalue weighted by atomic mass is 16.2. The van der Waals surface area contributed by atoms with Gasteiger partial charge in [-0.3, -0.25) is 9.78 Å². The topological polar surface area (TPSA) is 54.4 Å². The molecule has 0 aliphatic heterocycles. The van der Waals surface area contributed by atoms with Crippen LogP contribution in [0.1, 0.15) is 37.0 Å². The van der Waals surface area contributed by atoms with Gasteiger partial charge in [-0.1, -0.05) is 18.2 Å². The molecule has 1 aromatic rings. The molecule has 1 aliphatic rings. The maximum absolute atomic E-state index is 11.9. The summed E-state index contributed by atoms with van der Waals surface area (Å²) in [5.41, 5.74) is 6.36. The summed E-state index contributed by atoms with van der Waals surface area (Å²) in [4.78, 5) is 15.8. The number of rotatable bonds is 3. The molecule has 1 aliphatic carbocycles. The van der Waals surface area contributed by atoms with Crippen molar-refractivity contribution in [3.63, 3.8) is 0 Å². The van der Waals surface area contributed by atoms with E-state index in [0.29, 0.717) is 11.5 Å². The van der Waals surface area contributed by atoms with Crippen LogP contribution in [0.2, 0.25) is 0 Å². The van der Waals surface area contributed by atoms with E-state index in [1.165, 1.54) is 0 Å². The minimum absolute atomic E-state index is 0.217. The van der Waals surface area contributed by atoms with Crippen LogP contribution >= 0.6 is 0 Å². The summed E-state index contributed by atoms with van der Waals surface area (Å²) in [7, 11) is 0. The lowest BCUT2D eigenvalue weighted by atomic mass is 9.85. The number of amides is 1.